The van der Waals surface area contributed by atoms with Gasteiger partial charge in [0.15, 0.2) is 10.7 Å². The van der Waals surface area contributed by atoms with Gasteiger partial charge in [0, 0.05) is 0 Å². The average Bonchev–Trinajstić information content (AvgIpc) is 2.66. The van der Waals surface area contributed by atoms with Crippen molar-refractivity contribution in [3.05, 3.63) is 23.5 Å². The molecule has 2 aromatic rings. The van der Waals surface area contributed by atoms with Crippen LogP contribution in [0.3, 0.4) is 0 Å². The van der Waals surface area contributed by atoms with Gasteiger partial charge < -0.3 is 0 Å². The number of rotatable bonds is 4. The molecular formula is C11H16N4O2S. The van der Waals surface area contributed by atoms with Crippen molar-refractivity contribution in [1.29, 1.82) is 0 Å². The zero-order valence-corrected chi connectivity index (χ0v) is 11.2. The van der Waals surface area contributed by atoms with Gasteiger partial charge in [0.05, 0.1) is 11.4 Å². The van der Waals surface area contributed by atoms with Gasteiger partial charge in [-0.15, -0.1) is 0 Å². The number of imidazole rings is 1. The number of hydrogen-bond donors (Lipinski definition) is 1. The van der Waals surface area contributed by atoms with E-state index < -0.39 is 10.0 Å². The van der Waals surface area contributed by atoms with Crippen LogP contribution in [0.1, 0.15) is 31.7 Å². The van der Waals surface area contributed by atoms with Crippen LogP contribution in [0.15, 0.2) is 17.2 Å². The number of hydrogen-bond acceptors (Lipinski definition) is 4. The summed E-state index contributed by atoms with van der Waals surface area (Å²) in [6, 6.07) is 3.63. The Labute approximate surface area is 106 Å². The minimum atomic E-state index is -3.82. The topological polar surface area (TPSA) is 90.3 Å². The van der Waals surface area contributed by atoms with Crippen LogP contribution >= 0.6 is 0 Å². The Kier molecular flexibility index (Phi) is 3.36. The summed E-state index contributed by atoms with van der Waals surface area (Å²) in [5.41, 5.74) is 1.80. The number of aromatic nitrogens is 3. The minimum absolute atomic E-state index is 0.00190. The van der Waals surface area contributed by atoms with E-state index >= 15 is 0 Å². The van der Waals surface area contributed by atoms with Crippen LogP contribution in [0.5, 0.6) is 0 Å². The molecule has 0 amide bonds. The highest BCUT2D eigenvalue weighted by atomic mass is 32.2. The molecule has 2 rings (SSSR count). The third kappa shape index (κ3) is 2.23. The SMILES string of the molecule is CCCc1ccc2nc(CC)c(S(N)(=O)=O)n2n1. The Morgan fingerprint density at radius 1 is 1.33 bits per heavy atom. The summed E-state index contributed by atoms with van der Waals surface area (Å²) in [6.45, 7) is 3.88. The lowest BCUT2D eigenvalue weighted by Crippen LogP contribution is -2.17. The van der Waals surface area contributed by atoms with Gasteiger partial charge in [-0.2, -0.15) is 5.10 Å². The van der Waals surface area contributed by atoms with Crippen molar-refractivity contribution in [2.75, 3.05) is 0 Å². The second-order valence-corrected chi connectivity index (χ2v) is 5.58. The predicted octanol–water partition coefficient (Wildman–Crippen LogP) is 0.892. The van der Waals surface area contributed by atoms with Gasteiger partial charge in [0.2, 0.25) is 0 Å². The third-order valence-corrected chi connectivity index (χ3v) is 3.62. The monoisotopic (exact) mass is 268 g/mol. The molecular weight excluding hydrogens is 252 g/mol. The molecule has 0 aliphatic rings. The second-order valence-electron chi connectivity index (χ2n) is 4.11. The van der Waals surface area contributed by atoms with Crippen LogP contribution in [0, 0.1) is 0 Å². The molecule has 2 heterocycles. The van der Waals surface area contributed by atoms with Crippen LogP contribution < -0.4 is 5.14 Å². The Hall–Kier alpha value is -1.47. The van der Waals surface area contributed by atoms with Gasteiger partial charge in [-0.3, -0.25) is 0 Å². The maximum Gasteiger partial charge on any atom is 0.257 e. The van der Waals surface area contributed by atoms with Crippen molar-refractivity contribution < 1.29 is 8.42 Å². The maximum absolute atomic E-state index is 11.6. The van der Waals surface area contributed by atoms with Crippen LogP contribution in [-0.2, 0) is 22.9 Å². The van der Waals surface area contributed by atoms with Crippen molar-refractivity contribution in [3.8, 4) is 0 Å². The standard InChI is InChI=1S/C11H16N4O2S/c1-3-5-8-6-7-10-13-9(4-2)11(15(10)14-8)18(12,16)17/h6-7H,3-5H2,1-2H3,(H2,12,16,17). The zero-order valence-electron chi connectivity index (χ0n) is 10.4. The lowest BCUT2D eigenvalue weighted by Gasteiger charge is -2.02. The van der Waals surface area contributed by atoms with Crippen molar-refractivity contribution in [2.45, 2.75) is 38.1 Å². The van der Waals surface area contributed by atoms with E-state index in [-0.39, 0.29) is 5.03 Å². The van der Waals surface area contributed by atoms with Crippen LogP contribution in [-0.4, -0.2) is 23.0 Å². The number of aryl methyl sites for hydroxylation is 2. The number of nitrogens with two attached hydrogens (primary N) is 1. The largest absolute Gasteiger partial charge is 0.257 e. The van der Waals surface area contributed by atoms with Crippen LogP contribution in [0.4, 0.5) is 0 Å². The number of sulfonamides is 1. The highest BCUT2D eigenvalue weighted by molar-refractivity contribution is 7.89. The molecule has 2 N–H and O–H groups in total. The first kappa shape index (κ1) is 13.0. The van der Waals surface area contributed by atoms with Crippen molar-refractivity contribution in [2.24, 2.45) is 5.14 Å². The van der Waals surface area contributed by atoms with E-state index in [1.165, 1.54) is 4.52 Å². The molecule has 18 heavy (non-hydrogen) atoms. The molecule has 0 spiro atoms. The Morgan fingerprint density at radius 2 is 2.06 bits per heavy atom. The normalized spacial score (nSPS) is 12.2. The predicted molar refractivity (Wildman–Crippen MR) is 67.7 cm³/mol. The molecule has 0 aliphatic carbocycles. The fraction of sp³-hybridized carbons (Fsp3) is 0.455. The number of primary sulfonamides is 1. The van der Waals surface area contributed by atoms with E-state index in [1.54, 1.807) is 6.07 Å². The number of fused-ring (bicyclic) bond motifs is 1. The van der Waals surface area contributed by atoms with Gasteiger partial charge >= 0.3 is 0 Å². The first-order chi connectivity index (χ1) is 8.47. The molecule has 0 saturated carbocycles. The van der Waals surface area contributed by atoms with Gasteiger partial charge in [-0.1, -0.05) is 20.3 Å². The van der Waals surface area contributed by atoms with Crippen molar-refractivity contribution >= 4 is 15.7 Å². The van der Waals surface area contributed by atoms with E-state index in [1.807, 2.05) is 19.9 Å². The summed E-state index contributed by atoms with van der Waals surface area (Å²) in [4.78, 5) is 4.24. The summed E-state index contributed by atoms with van der Waals surface area (Å²) in [6.07, 6.45) is 2.23. The van der Waals surface area contributed by atoms with Gasteiger partial charge in [0.1, 0.15) is 0 Å². The van der Waals surface area contributed by atoms with E-state index in [0.29, 0.717) is 17.8 Å². The highest BCUT2D eigenvalue weighted by Gasteiger charge is 2.21. The molecule has 2 aromatic heterocycles. The third-order valence-electron chi connectivity index (χ3n) is 2.67. The highest BCUT2D eigenvalue weighted by Crippen LogP contribution is 2.17. The molecule has 98 valence electrons. The molecule has 6 nitrogen and oxygen atoms in total. The molecule has 0 unspecified atom stereocenters. The molecule has 0 aliphatic heterocycles. The molecule has 0 saturated heterocycles. The van der Waals surface area contributed by atoms with Crippen molar-refractivity contribution in [1.82, 2.24) is 14.6 Å². The van der Waals surface area contributed by atoms with E-state index in [0.717, 1.165) is 18.5 Å². The molecule has 0 bridgehead atoms. The van der Waals surface area contributed by atoms with Crippen LogP contribution in [0.2, 0.25) is 0 Å². The molecule has 0 aromatic carbocycles. The van der Waals surface area contributed by atoms with Gasteiger partial charge in [-0.25, -0.2) is 23.1 Å². The average molecular weight is 268 g/mol. The van der Waals surface area contributed by atoms with E-state index in [4.69, 9.17) is 5.14 Å². The Morgan fingerprint density at radius 3 is 2.61 bits per heavy atom. The van der Waals surface area contributed by atoms with Gasteiger partial charge in [0.25, 0.3) is 10.0 Å². The Balaban J connectivity index is 2.75. The Bertz CT molecular complexity index is 676. The van der Waals surface area contributed by atoms with Gasteiger partial charge in [-0.05, 0) is 25.0 Å². The molecule has 7 heteroatoms. The summed E-state index contributed by atoms with van der Waals surface area (Å²) in [5, 5.41) is 9.53. The summed E-state index contributed by atoms with van der Waals surface area (Å²) < 4.78 is 24.6. The fourth-order valence-electron chi connectivity index (χ4n) is 1.90. The lowest BCUT2D eigenvalue weighted by molar-refractivity contribution is 0.587. The minimum Gasteiger partial charge on any atom is -0.231 e. The summed E-state index contributed by atoms with van der Waals surface area (Å²) in [7, 11) is -3.82. The fourth-order valence-corrected chi connectivity index (χ4v) is 2.80. The maximum atomic E-state index is 11.6. The smallest absolute Gasteiger partial charge is 0.231 e. The van der Waals surface area contributed by atoms with Crippen LogP contribution in [0.25, 0.3) is 5.65 Å². The van der Waals surface area contributed by atoms with E-state index in [9.17, 15) is 8.42 Å². The summed E-state index contributed by atoms with van der Waals surface area (Å²) >= 11 is 0. The quantitative estimate of drug-likeness (QED) is 0.891. The van der Waals surface area contributed by atoms with Crippen molar-refractivity contribution in [3.63, 3.8) is 0 Å². The summed E-state index contributed by atoms with van der Waals surface area (Å²) in [5.74, 6) is 0. The first-order valence-corrected chi connectivity index (χ1v) is 7.42. The molecule has 0 atom stereocenters. The zero-order chi connectivity index (χ0) is 13.3. The molecule has 0 fully saturated rings. The number of nitrogens with zero attached hydrogens (tertiary/aromatic N) is 3. The molecule has 0 radical (unpaired) electrons. The first-order valence-electron chi connectivity index (χ1n) is 5.87. The van der Waals surface area contributed by atoms with E-state index in [2.05, 4.69) is 10.1 Å². The lowest BCUT2D eigenvalue weighted by atomic mass is 10.2. The second kappa shape index (κ2) is 4.66.